The maximum absolute atomic E-state index is 11.6. The fourth-order valence-corrected chi connectivity index (χ4v) is 2.44. The van der Waals surface area contributed by atoms with Gasteiger partial charge < -0.3 is 15.8 Å². The topological polar surface area (TPSA) is 64.4 Å². The predicted molar refractivity (Wildman–Crippen MR) is 64.1 cm³/mol. The molecule has 1 rings (SSSR count). The van der Waals surface area contributed by atoms with Crippen molar-refractivity contribution in [1.29, 1.82) is 0 Å². The van der Waals surface area contributed by atoms with Gasteiger partial charge in [0.1, 0.15) is 5.00 Å². The molecule has 0 saturated carbocycles. The van der Waals surface area contributed by atoms with E-state index in [2.05, 4.69) is 5.32 Å². The number of Topliss-reactive ketones (excluding diaryl/α,β-unsaturated/α-hetero) is 1. The van der Waals surface area contributed by atoms with Crippen molar-refractivity contribution in [3.05, 3.63) is 4.88 Å². The minimum atomic E-state index is 0.0555. The van der Waals surface area contributed by atoms with E-state index in [0.717, 1.165) is 11.5 Å². The Morgan fingerprint density at radius 2 is 2.20 bits per heavy atom. The minimum absolute atomic E-state index is 0.0555. The summed E-state index contributed by atoms with van der Waals surface area (Å²) in [7, 11) is 1.56. The van der Waals surface area contributed by atoms with E-state index < -0.39 is 0 Å². The second-order valence-corrected chi connectivity index (χ2v) is 4.03. The third kappa shape index (κ3) is 2.23. The summed E-state index contributed by atoms with van der Waals surface area (Å²) in [5, 5.41) is 3.96. The lowest BCUT2D eigenvalue weighted by Gasteiger charge is -2.03. The van der Waals surface area contributed by atoms with Crippen molar-refractivity contribution >= 4 is 27.8 Å². The molecule has 0 atom stereocenters. The average molecular weight is 228 g/mol. The number of nitrogens with one attached hydrogen (secondary N) is 1. The molecule has 4 nitrogen and oxygen atoms in total. The first-order valence-corrected chi connectivity index (χ1v) is 5.70. The molecule has 5 heteroatoms. The lowest BCUT2D eigenvalue weighted by atomic mass is 10.2. The number of anilines is 2. The molecule has 0 radical (unpaired) electrons. The summed E-state index contributed by atoms with van der Waals surface area (Å²) in [4.78, 5) is 12.2. The molecule has 3 N–H and O–H groups in total. The number of rotatable bonds is 5. The number of carbonyl (C=O) groups excluding carboxylic acids is 1. The Hall–Kier alpha value is -1.23. The van der Waals surface area contributed by atoms with Gasteiger partial charge >= 0.3 is 0 Å². The Labute approximate surface area is 93.4 Å². The Bertz CT molecular complexity index is 361. The molecule has 1 aromatic rings. The van der Waals surface area contributed by atoms with E-state index in [0.29, 0.717) is 22.7 Å². The number of nitrogens with two attached hydrogens (primary N) is 1. The summed E-state index contributed by atoms with van der Waals surface area (Å²) < 4.78 is 5.17. The zero-order chi connectivity index (χ0) is 11.4. The number of ketones is 1. The summed E-state index contributed by atoms with van der Waals surface area (Å²) >= 11 is 1.36. The van der Waals surface area contributed by atoms with E-state index in [9.17, 15) is 4.79 Å². The fourth-order valence-electron chi connectivity index (χ4n) is 1.28. The number of thiophene rings is 1. The van der Waals surface area contributed by atoms with Crippen LogP contribution in [0, 0.1) is 0 Å². The van der Waals surface area contributed by atoms with Crippen molar-refractivity contribution in [2.75, 3.05) is 24.7 Å². The van der Waals surface area contributed by atoms with Gasteiger partial charge in [0.25, 0.3) is 0 Å². The Morgan fingerprint density at radius 3 is 2.67 bits per heavy atom. The number of nitrogen functional groups attached to an aromatic ring is 1. The van der Waals surface area contributed by atoms with Crippen LogP contribution in [0.3, 0.4) is 0 Å². The first-order valence-electron chi connectivity index (χ1n) is 4.88. The van der Waals surface area contributed by atoms with Crippen LogP contribution in [-0.2, 0) is 0 Å². The van der Waals surface area contributed by atoms with E-state index in [1.807, 2.05) is 13.8 Å². The van der Waals surface area contributed by atoms with Gasteiger partial charge in [-0.3, -0.25) is 4.79 Å². The Morgan fingerprint density at radius 1 is 1.53 bits per heavy atom. The van der Waals surface area contributed by atoms with Gasteiger partial charge in [0, 0.05) is 13.0 Å². The van der Waals surface area contributed by atoms with Crippen LogP contribution in [0.2, 0.25) is 0 Å². The highest BCUT2D eigenvalue weighted by Crippen LogP contribution is 2.42. The third-order valence-electron chi connectivity index (χ3n) is 2.02. The van der Waals surface area contributed by atoms with E-state index in [-0.39, 0.29) is 5.78 Å². The van der Waals surface area contributed by atoms with E-state index in [4.69, 9.17) is 10.5 Å². The molecule has 1 heterocycles. The van der Waals surface area contributed by atoms with Gasteiger partial charge in [-0.2, -0.15) is 0 Å². The van der Waals surface area contributed by atoms with Crippen LogP contribution >= 0.6 is 11.3 Å². The zero-order valence-electron chi connectivity index (χ0n) is 9.22. The van der Waals surface area contributed by atoms with Gasteiger partial charge in [-0.05, 0) is 6.92 Å². The largest absolute Gasteiger partial charge is 0.492 e. The molecule has 15 heavy (non-hydrogen) atoms. The number of carbonyl (C=O) groups is 1. The molecule has 0 aliphatic heterocycles. The molecule has 0 amide bonds. The number of ether oxygens (including phenoxy) is 1. The maximum atomic E-state index is 11.6. The normalized spacial score (nSPS) is 10.1. The SMILES string of the molecule is CCNc1sc(C(=O)CC)c(N)c1OC. The smallest absolute Gasteiger partial charge is 0.176 e. The second-order valence-electron chi connectivity index (χ2n) is 3.01. The lowest BCUT2D eigenvalue weighted by molar-refractivity contribution is 0.0992. The summed E-state index contributed by atoms with van der Waals surface area (Å²) in [5.41, 5.74) is 6.30. The summed E-state index contributed by atoms with van der Waals surface area (Å²) in [6, 6.07) is 0. The van der Waals surface area contributed by atoms with Crippen LogP contribution in [0.1, 0.15) is 29.9 Å². The summed E-state index contributed by atoms with van der Waals surface area (Å²) in [5.74, 6) is 0.638. The van der Waals surface area contributed by atoms with Crippen molar-refractivity contribution in [2.45, 2.75) is 20.3 Å². The van der Waals surface area contributed by atoms with Gasteiger partial charge in [-0.1, -0.05) is 6.92 Å². The molecule has 0 saturated heterocycles. The fraction of sp³-hybridized carbons (Fsp3) is 0.500. The number of methoxy groups -OCH3 is 1. The number of hydrogen-bond acceptors (Lipinski definition) is 5. The minimum Gasteiger partial charge on any atom is -0.492 e. The van der Waals surface area contributed by atoms with Crippen LogP contribution in [0.4, 0.5) is 10.7 Å². The Balaban J connectivity index is 3.14. The molecular weight excluding hydrogens is 212 g/mol. The number of hydrogen-bond donors (Lipinski definition) is 2. The van der Waals surface area contributed by atoms with Crippen molar-refractivity contribution < 1.29 is 9.53 Å². The second kappa shape index (κ2) is 5.02. The zero-order valence-corrected chi connectivity index (χ0v) is 10.0. The predicted octanol–water partition coefficient (Wildman–Crippen LogP) is 2.36. The molecule has 0 aliphatic carbocycles. The van der Waals surface area contributed by atoms with Crippen molar-refractivity contribution in [1.82, 2.24) is 0 Å². The molecular formula is C10H16N2O2S. The highest BCUT2D eigenvalue weighted by Gasteiger charge is 2.20. The molecule has 0 bridgehead atoms. The maximum Gasteiger partial charge on any atom is 0.176 e. The van der Waals surface area contributed by atoms with Crippen molar-refractivity contribution in [3.8, 4) is 5.75 Å². The summed E-state index contributed by atoms with van der Waals surface area (Å²) in [6.45, 7) is 4.58. The molecule has 84 valence electrons. The van der Waals surface area contributed by atoms with Crippen LogP contribution < -0.4 is 15.8 Å². The average Bonchev–Trinajstić information content (AvgIpc) is 2.55. The van der Waals surface area contributed by atoms with Crippen LogP contribution in [-0.4, -0.2) is 19.4 Å². The van der Waals surface area contributed by atoms with Gasteiger partial charge in [0.15, 0.2) is 11.5 Å². The third-order valence-corrected chi connectivity index (χ3v) is 3.20. The monoisotopic (exact) mass is 228 g/mol. The molecule has 0 spiro atoms. The van der Waals surface area contributed by atoms with Crippen LogP contribution in [0.25, 0.3) is 0 Å². The van der Waals surface area contributed by atoms with E-state index in [1.165, 1.54) is 11.3 Å². The molecule has 0 aliphatic rings. The standard InChI is InChI=1S/C10H16N2O2S/c1-4-6(13)9-7(11)8(14-3)10(15-9)12-5-2/h12H,4-5,11H2,1-3H3. The Kier molecular flexibility index (Phi) is 3.96. The van der Waals surface area contributed by atoms with Gasteiger partial charge in [-0.25, -0.2) is 0 Å². The lowest BCUT2D eigenvalue weighted by Crippen LogP contribution is -1.99. The van der Waals surface area contributed by atoms with Crippen molar-refractivity contribution in [3.63, 3.8) is 0 Å². The molecule has 0 fully saturated rings. The van der Waals surface area contributed by atoms with Crippen molar-refractivity contribution in [2.24, 2.45) is 0 Å². The summed E-state index contributed by atoms with van der Waals surface area (Å²) in [6.07, 6.45) is 0.458. The first-order chi connectivity index (χ1) is 7.15. The van der Waals surface area contributed by atoms with Gasteiger partial charge in [-0.15, -0.1) is 11.3 Å². The van der Waals surface area contributed by atoms with Crippen LogP contribution in [0.15, 0.2) is 0 Å². The first kappa shape index (κ1) is 11.8. The van der Waals surface area contributed by atoms with Crippen LogP contribution in [0.5, 0.6) is 5.75 Å². The highest BCUT2D eigenvalue weighted by atomic mass is 32.1. The van der Waals surface area contributed by atoms with Gasteiger partial charge in [0.05, 0.1) is 17.7 Å². The van der Waals surface area contributed by atoms with E-state index in [1.54, 1.807) is 7.11 Å². The van der Waals surface area contributed by atoms with Gasteiger partial charge in [0.2, 0.25) is 0 Å². The van der Waals surface area contributed by atoms with E-state index >= 15 is 0 Å². The molecule has 1 aromatic heterocycles. The molecule has 0 unspecified atom stereocenters. The highest BCUT2D eigenvalue weighted by molar-refractivity contribution is 7.19. The quantitative estimate of drug-likeness (QED) is 0.759. The molecule has 0 aromatic carbocycles.